The van der Waals surface area contributed by atoms with Crippen LogP contribution in [-0.2, 0) is 6.42 Å². The van der Waals surface area contributed by atoms with E-state index in [1.165, 1.54) is 9.75 Å². The third-order valence-electron chi connectivity index (χ3n) is 3.40. The molecule has 0 radical (unpaired) electrons. The Kier molecular flexibility index (Phi) is 3.10. The number of rotatable bonds is 2. The highest BCUT2D eigenvalue weighted by Gasteiger charge is 2.27. The molecule has 2 atom stereocenters. The number of nitrogens with two attached hydrogens (primary N) is 1. The van der Waals surface area contributed by atoms with Gasteiger partial charge in [0.1, 0.15) is 11.9 Å². The van der Waals surface area contributed by atoms with Crippen LogP contribution in [0.15, 0.2) is 36.4 Å². The number of para-hydroxylation sites is 1. The summed E-state index contributed by atoms with van der Waals surface area (Å²) in [5.41, 5.74) is 7.36. The third kappa shape index (κ3) is 2.04. The lowest BCUT2D eigenvalue weighted by atomic mass is 9.97. The molecule has 1 aromatic carbocycles. The highest BCUT2D eigenvalue weighted by Crippen LogP contribution is 2.41. The van der Waals surface area contributed by atoms with Crippen molar-refractivity contribution in [2.75, 3.05) is 0 Å². The normalized spacial score (nSPS) is 22.3. The summed E-state index contributed by atoms with van der Waals surface area (Å²) in [5.74, 6) is 0.938. The molecule has 18 heavy (non-hydrogen) atoms. The van der Waals surface area contributed by atoms with Crippen LogP contribution in [0, 0.1) is 0 Å². The first-order chi connectivity index (χ1) is 8.78. The fraction of sp³-hybridized carbons (Fsp3) is 0.333. The van der Waals surface area contributed by atoms with Crippen molar-refractivity contribution < 1.29 is 4.74 Å². The van der Waals surface area contributed by atoms with Crippen molar-refractivity contribution in [2.45, 2.75) is 31.9 Å². The summed E-state index contributed by atoms with van der Waals surface area (Å²) in [5, 5.41) is 0. The molecule has 0 fully saturated rings. The molecule has 0 bridgehead atoms. The molecule has 1 aromatic heterocycles. The monoisotopic (exact) mass is 259 g/mol. The lowest BCUT2D eigenvalue weighted by Gasteiger charge is -2.29. The predicted molar refractivity (Wildman–Crippen MR) is 75.1 cm³/mol. The minimum absolute atomic E-state index is 0.0760. The van der Waals surface area contributed by atoms with E-state index < -0.39 is 0 Å². The molecule has 1 unspecified atom stereocenters. The van der Waals surface area contributed by atoms with Gasteiger partial charge in [-0.05, 0) is 24.6 Å². The standard InChI is InChI=1S/C15H17NOS/c1-2-10-7-8-15(18-10)14-9-12(16)11-5-3-4-6-13(11)17-14/h3-8,12,14H,2,9,16H2,1H3/t12-,14?/m0/s1. The van der Waals surface area contributed by atoms with E-state index in [1.54, 1.807) is 0 Å². The predicted octanol–water partition coefficient (Wildman–Crippen LogP) is 3.83. The third-order valence-corrected chi connectivity index (χ3v) is 4.73. The lowest BCUT2D eigenvalue weighted by Crippen LogP contribution is -2.23. The number of benzene rings is 1. The molecule has 0 spiro atoms. The van der Waals surface area contributed by atoms with Crippen molar-refractivity contribution in [3.63, 3.8) is 0 Å². The molecule has 1 aliphatic heterocycles. The van der Waals surface area contributed by atoms with Gasteiger partial charge in [0.2, 0.25) is 0 Å². The van der Waals surface area contributed by atoms with Crippen LogP contribution in [0.4, 0.5) is 0 Å². The van der Waals surface area contributed by atoms with Gasteiger partial charge < -0.3 is 10.5 Å². The van der Waals surface area contributed by atoms with Crippen molar-refractivity contribution in [3.05, 3.63) is 51.7 Å². The average Bonchev–Trinajstić information content (AvgIpc) is 2.87. The minimum atomic E-state index is 0.0760. The Morgan fingerprint density at radius 2 is 2.11 bits per heavy atom. The van der Waals surface area contributed by atoms with Gasteiger partial charge in [-0.1, -0.05) is 25.1 Å². The Balaban J connectivity index is 1.89. The van der Waals surface area contributed by atoms with Crippen LogP contribution in [0.3, 0.4) is 0 Å². The zero-order chi connectivity index (χ0) is 12.5. The van der Waals surface area contributed by atoms with Gasteiger partial charge >= 0.3 is 0 Å². The van der Waals surface area contributed by atoms with E-state index in [1.807, 2.05) is 29.5 Å². The molecular weight excluding hydrogens is 242 g/mol. The van der Waals surface area contributed by atoms with Gasteiger partial charge in [-0.25, -0.2) is 0 Å². The molecule has 2 nitrogen and oxygen atoms in total. The highest BCUT2D eigenvalue weighted by molar-refractivity contribution is 7.12. The minimum Gasteiger partial charge on any atom is -0.484 e. The van der Waals surface area contributed by atoms with Gasteiger partial charge in [0, 0.05) is 27.8 Å². The van der Waals surface area contributed by atoms with E-state index in [2.05, 4.69) is 25.1 Å². The zero-order valence-corrected chi connectivity index (χ0v) is 11.2. The Labute approximate surface area is 111 Å². The number of fused-ring (bicyclic) bond motifs is 1. The van der Waals surface area contributed by atoms with Crippen LogP contribution < -0.4 is 10.5 Å². The number of hydrogen-bond acceptors (Lipinski definition) is 3. The summed E-state index contributed by atoms with van der Waals surface area (Å²) in [6.07, 6.45) is 2.06. The van der Waals surface area contributed by atoms with Gasteiger partial charge in [0.05, 0.1) is 0 Å². The number of hydrogen-bond donors (Lipinski definition) is 1. The summed E-state index contributed by atoms with van der Waals surface area (Å²) < 4.78 is 6.08. The molecule has 0 saturated carbocycles. The average molecular weight is 259 g/mol. The van der Waals surface area contributed by atoms with Gasteiger partial charge in [0.25, 0.3) is 0 Å². The van der Waals surface area contributed by atoms with E-state index in [4.69, 9.17) is 10.5 Å². The molecule has 1 aliphatic rings. The number of aryl methyl sites for hydroxylation is 1. The second-order valence-electron chi connectivity index (χ2n) is 4.64. The Morgan fingerprint density at radius 3 is 2.89 bits per heavy atom. The first-order valence-electron chi connectivity index (χ1n) is 6.37. The maximum absolute atomic E-state index is 6.24. The summed E-state index contributed by atoms with van der Waals surface area (Å²) in [6.45, 7) is 2.18. The van der Waals surface area contributed by atoms with Gasteiger partial charge in [-0.2, -0.15) is 0 Å². The van der Waals surface area contributed by atoms with Crippen LogP contribution in [0.1, 0.15) is 40.8 Å². The molecule has 3 heteroatoms. The van der Waals surface area contributed by atoms with Gasteiger partial charge in [0.15, 0.2) is 0 Å². The SMILES string of the molecule is CCc1ccc(C2C[C@H](N)c3ccccc3O2)s1. The van der Waals surface area contributed by atoms with Gasteiger partial charge in [-0.3, -0.25) is 0 Å². The molecule has 0 aliphatic carbocycles. The van der Waals surface area contributed by atoms with E-state index in [-0.39, 0.29) is 12.1 Å². The van der Waals surface area contributed by atoms with Crippen molar-refractivity contribution in [1.82, 2.24) is 0 Å². The Hall–Kier alpha value is -1.32. The Morgan fingerprint density at radius 1 is 1.28 bits per heavy atom. The highest BCUT2D eigenvalue weighted by atomic mass is 32.1. The number of ether oxygens (including phenoxy) is 1. The summed E-state index contributed by atoms with van der Waals surface area (Å²) in [6, 6.07) is 12.5. The fourth-order valence-electron chi connectivity index (χ4n) is 2.38. The van der Waals surface area contributed by atoms with E-state index >= 15 is 0 Å². The lowest BCUT2D eigenvalue weighted by molar-refractivity contribution is 0.165. The van der Waals surface area contributed by atoms with Crippen LogP contribution in [-0.4, -0.2) is 0 Å². The smallest absolute Gasteiger partial charge is 0.135 e. The van der Waals surface area contributed by atoms with E-state index in [0.717, 1.165) is 24.2 Å². The van der Waals surface area contributed by atoms with Crippen molar-refractivity contribution >= 4 is 11.3 Å². The second kappa shape index (κ2) is 4.75. The summed E-state index contributed by atoms with van der Waals surface area (Å²) in [4.78, 5) is 2.69. The molecule has 2 N–H and O–H groups in total. The summed E-state index contributed by atoms with van der Waals surface area (Å²) in [7, 11) is 0. The zero-order valence-electron chi connectivity index (χ0n) is 10.4. The summed E-state index contributed by atoms with van der Waals surface area (Å²) >= 11 is 1.84. The molecule has 0 saturated heterocycles. The van der Waals surface area contributed by atoms with Crippen LogP contribution in [0.25, 0.3) is 0 Å². The van der Waals surface area contributed by atoms with Crippen LogP contribution in [0.5, 0.6) is 5.75 Å². The largest absolute Gasteiger partial charge is 0.484 e. The fourth-order valence-corrected chi connectivity index (χ4v) is 3.38. The molecule has 2 aromatic rings. The maximum Gasteiger partial charge on any atom is 0.135 e. The topological polar surface area (TPSA) is 35.2 Å². The Bertz CT molecular complexity index is 549. The molecule has 94 valence electrons. The van der Waals surface area contributed by atoms with Crippen LogP contribution >= 0.6 is 11.3 Å². The molecular formula is C15H17NOS. The van der Waals surface area contributed by atoms with Crippen molar-refractivity contribution in [1.29, 1.82) is 0 Å². The van der Waals surface area contributed by atoms with Crippen molar-refractivity contribution in [3.8, 4) is 5.75 Å². The maximum atomic E-state index is 6.24. The molecule has 2 heterocycles. The first-order valence-corrected chi connectivity index (χ1v) is 7.19. The molecule has 0 amide bonds. The molecule has 3 rings (SSSR count). The van der Waals surface area contributed by atoms with Gasteiger partial charge in [-0.15, -0.1) is 11.3 Å². The number of thiophene rings is 1. The van der Waals surface area contributed by atoms with E-state index in [0.29, 0.717) is 0 Å². The quantitative estimate of drug-likeness (QED) is 0.889. The second-order valence-corrected chi connectivity index (χ2v) is 5.84. The van der Waals surface area contributed by atoms with E-state index in [9.17, 15) is 0 Å². The van der Waals surface area contributed by atoms with Crippen LogP contribution in [0.2, 0.25) is 0 Å². The van der Waals surface area contributed by atoms with Crippen molar-refractivity contribution in [2.24, 2.45) is 5.73 Å². The first kappa shape index (κ1) is 11.8.